The molecule has 0 bridgehead atoms. The van der Waals surface area contributed by atoms with Gasteiger partial charge in [0.25, 0.3) is 0 Å². The maximum Gasteiger partial charge on any atom is 0.223 e. The highest BCUT2D eigenvalue weighted by molar-refractivity contribution is 6.18. The molecule has 0 atom stereocenters. The minimum Gasteiger partial charge on any atom is -0.489 e. The molecule has 1 amide bonds. The summed E-state index contributed by atoms with van der Waals surface area (Å²) in [5.74, 6) is 1.34. The highest BCUT2D eigenvalue weighted by Gasteiger charge is 2.23. The zero-order valence-corrected chi connectivity index (χ0v) is 11.9. The third-order valence-electron chi connectivity index (χ3n) is 3.29. The second-order valence-electron chi connectivity index (χ2n) is 4.77. The van der Waals surface area contributed by atoms with E-state index in [9.17, 15) is 4.79 Å². The van der Waals surface area contributed by atoms with Gasteiger partial charge in [0.2, 0.25) is 5.91 Å². The van der Waals surface area contributed by atoms with Crippen molar-refractivity contribution in [2.75, 3.05) is 19.0 Å². The topological polar surface area (TPSA) is 42.4 Å². The maximum absolute atomic E-state index is 11.7. The molecule has 0 N–H and O–H groups in total. The van der Waals surface area contributed by atoms with Crippen LogP contribution in [0.15, 0.2) is 18.3 Å². The van der Waals surface area contributed by atoms with Gasteiger partial charge < -0.3 is 9.64 Å². The molecule has 0 aromatic carbocycles. The molecular formula is C14H19ClN2O2. The number of aryl methyl sites for hydroxylation is 1. The molecule has 1 aliphatic rings. The zero-order chi connectivity index (χ0) is 13.7. The Labute approximate surface area is 118 Å². The van der Waals surface area contributed by atoms with Crippen molar-refractivity contribution < 1.29 is 9.53 Å². The van der Waals surface area contributed by atoms with Crippen LogP contribution < -0.4 is 4.74 Å². The molecule has 1 aliphatic heterocycles. The number of pyridine rings is 1. The summed E-state index contributed by atoms with van der Waals surface area (Å²) in [5, 5.41) is 0. The van der Waals surface area contributed by atoms with Crippen LogP contribution in [0.2, 0.25) is 0 Å². The van der Waals surface area contributed by atoms with E-state index in [-0.39, 0.29) is 12.0 Å². The number of carbonyl (C=O) groups excluding carboxylic acids is 1. The van der Waals surface area contributed by atoms with Crippen molar-refractivity contribution in [3.8, 4) is 5.75 Å². The second kappa shape index (κ2) is 6.75. The molecule has 1 aromatic rings. The van der Waals surface area contributed by atoms with E-state index in [1.807, 2.05) is 24.0 Å². The van der Waals surface area contributed by atoms with Gasteiger partial charge in [0.05, 0.1) is 6.20 Å². The fourth-order valence-electron chi connectivity index (χ4n) is 2.18. The first-order chi connectivity index (χ1) is 9.19. The smallest absolute Gasteiger partial charge is 0.223 e. The lowest BCUT2D eigenvalue weighted by atomic mass is 10.1. The maximum atomic E-state index is 11.7. The molecule has 0 spiro atoms. The number of hydrogen-bond acceptors (Lipinski definition) is 3. The predicted octanol–water partition coefficient (Wildman–Crippen LogP) is 2.39. The fourth-order valence-corrected chi connectivity index (χ4v) is 2.34. The molecule has 0 aliphatic carbocycles. The lowest BCUT2D eigenvalue weighted by molar-refractivity contribution is -0.132. The quantitative estimate of drug-likeness (QED) is 0.797. The second-order valence-corrected chi connectivity index (χ2v) is 5.15. The van der Waals surface area contributed by atoms with Gasteiger partial charge in [-0.25, -0.2) is 0 Å². The summed E-state index contributed by atoms with van der Waals surface area (Å²) < 4.78 is 5.87. The standard InChI is InChI=1S/C14H19ClN2O2/c1-11-2-3-13(10-16-11)19-12-5-8-17(9-6-12)14(18)4-7-15/h2-3,10,12H,4-9H2,1H3. The molecule has 1 aromatic heterocycles. The molecule has 0 unspecified atom stereocenters. The SMILES string of the molecule is Cc1ccc(OC2CCN(C(=O)CCCl)CC2)cn1. The summed E-state index contributed by atoms with van der Waals surface area (Å²) in [6, 6.07) is 3.88. The zero-order valence-electron chi connectivity index (χ0n) is 11.1. The van der Waals surface area contributed by atoms with Gasteiger partial charge >= 0.3 is 0 Å². The van der Waals surface area contributed by atoms with E-state index < -0.39 is 0 Å². The van der Waals surface area contributed by atoms with Gasteiger partial charge in [-0.15, -0.1) is 11.6 Å². The number of amides is 1. The Balaban J connectivity index is 1.80. The third kappa shape index (κ3) is 4.10. The molecule has 1 fully saturated rings. The van der Waals surface area contributed by atoms with E-state index in [0.717, 1.165) is 37.4 Å². The van der Waals surface area contributed by atoms with Gasteiger partial charge in [-0.2, -0.15) is 0 Å². The summed E-state index contributed by atoms with van der Waals surface area (Å²) in [4.78, 5) is 17.8. The highest BCUT2D eigenvalue weighted by atomic mass is 35.5. The molecule has 19 heavy (non-hydrogen) atoms. The Hall–Kier alpha value is -1.29. The van der Waals surface area contributed by atoms with E-state index >= 15 is 0 Å². The molecular weight excluding hydrogens is 264 g/mol. The number of likely N-dealkylation sites (tertiary alicyclic amines) is 1. The lowest BCUT2D eigenvalue weighted by Crippen LogP contribution is -2.41. The van der Waals surface area contributed by atoms with Crippen molar-refractivity contribution in [1.29, 1.82) is 0 Å². The molecule has 2 heterocycles. The van der Waals surface area contributed by atoms with Crippen LogP contribution in [0.4, 0.5) is 0 Å². The van der Waals surface area contributed by atoms with Crippen LogP contribution in [0.25, 0.3) is 0 Å². The number of alkyl halides is 1. The average Bonchev–Trinajstić information content (AvgIpc) is 2.42. The molecule has 4 nitrogen and oxygen atoms in total. The summed E-state index contributed by atoms with van der Waals surface area (Å²) >= 11 is 5.59. The lowest BCUT2D eigenvalue weighted by Gasteiger charge is -2.32. The van der Waals surface area contributed by atoms with Crippen LogP contribution >= 0.6 is 11.6 Å². The number of nitrogens with zero attached hydrogens (tertiary/aromatic N) is 2. The summed E-state index contributed by atoms with van der Waals surface area (Å²) in [5.41, 5.74) is 0.980. The van der Waals surface area contributed by atoms with Crippen molar-refractivity contribution in [2.24, 2.45) is 0 Å². The minimum absolute atomic E-state index is 0.144. The molecule has 5 heteroatoms. The summed E-state index contributed by atoms with van der Waals surface area (Å²) in [6.07, 6.45) is 4.07. The highest BCUT2D eigenvalue weighted by Crippen LogP contribution is 2.18. The number of ether oxygens (including phenoxy) is 1. The van der Waals surface area contributed by atoms with Crippen LogP contribution in [0.3, 0.4) is 0 Å². The monoisotopic (exact) mass is 282 g/mol. The van der Waals surface area contributed by atoms with E-state index in [0.29, 0.717) is 12.3 Å². The van der Waals surface area contributed by atoms with Crippen molar-refractivity contribution in [3.05, 3.63) is 24.0 Å². The largest absolute Gasteiger partial charge is 0.489 e. The van der Waals surface area contributed by atoms with Gasteiger partial charge in [-0.1, -0.05) is 0 Å². The van der Waals surface area contributed by atoms with E-state index in [1.54, 1.807) is 6.20 Å². The van der Waals surface area contributed by atoms with Crippen molar-refractivity contribution >= 4 is 17.5 Å². The molecule has 0 saturated carbocycles. The average molecular weight is 283 g/mol. The van der Waals surface area contributed by atoms with Crippen molar-refractivity contribution in [1.82, 2.24) is 9.88 Å². The van der Waals surface area contributed by atoms with Gasteiger partial charge in [-0.05, 0) is 19.1 Å². The Morgan fingerprint density at radius 3 is 2.79 bits per heavy atom. The van der Waals surface area contributed by atoms with Gasteiger partial charge in [0.1, 0.15) is 11.9 Å². The fraction of sp³-hybridized carbons (Fsp3) is 0.571. The van der Waals surface area contributed by atoms with E-state index in [2.05, 4.69) is 4.98 Å². The normalized spacial score (nSPS) is 16.4. The first-order valence-corrected chi connectivity index (χ1v) is 7.15. The minimum atomic E-state index is 0.144. The number of rotatable bonds is 4. The van der Waals surface area contributed by atoms with Crippen LogP contribution in [-0.2, 0) is 4.79 Å². The molecule has 0 radical (unpaired) electrons. The Kier molecular flexibility index (Phi) is 5.02. The number of halogens is 1. The number of aromatic nitrogens is 1. The van der Waals surface area contributed by atoms with Crippen LogP contribution in [0, 0.1) is 6.92 Å². The van der Waals surface area contributed by atoms with Crippen molar-refractivity contribution in [2.45, 2.75) is 32.3 Å². The first kappa shape index (κ1) is 14.1. The van der Waals surface area contributed by atoms with Crippen LogP contribution in [0.1, 0.15) is 25.0 Å². The number of carbonyl (C=O) groups is 1. The predicted molar refractivity (Wildman–Crippen MR) is 74.5 cm³/mol. The van der Waals surface area contributed by atoms with Gasteiger partial charge in [0.15, 0.2) is 0 Å². The van der Waals surface area contributed by atoms with Crippen molar-refractivity contribution in [3.63, 3.8) is 0 Å². The Morgan fingerprint density at radius 2 is 2.21 bits per heavy atom. The summed E-state index contributed by atoms with van der Waals surface area (Å²) in [6.45, 7) is 3.45. The Morgan fingerprint density at radius 1 is 1.47 bits per heavy atom. The van der Waals surface area contributed by atoms with Gasteiger partial charge in [-0.3, -0.25) is 9.78 Å². The molecule has 2 rings (SSSR count). The van der Waals surface area contributed by atoms with Gasteiger partial charge in [0, 0.05) is 43.9 Å². The van der Waals surface area contributed by atoms with Crippen LogP contribution in [0.5, 0.6) is 5.75 Å². The van der Waals surface area contributed by atoms with Crippen LogP contribution in [-0.4, -0.2) is 40.9 Å². The number of hydrogen-bond donors (Lipinski definition) is 0. The Bertz CT molecular complexity index is 414. The van der Waals surface area contributed by atoms with E-state index in [4.69, 9.17) is 16.3 Å². The van der Waals surface area contributed by atoms with E-state index in [1.165, 1.54) is 0 Å². The number of piperidine rings is 1. The first-order valence-electron chi connectivity index (χ1n) is 6.62. The summed E-state index contributed by atoms with van der Waals surface area (Å²) in [7, 11) is 0. The molecule has 1 saturated heterocycles. The molecule has 104 valence electrons. The third-order valence-corrected chi connectivity index (χ3v) is 3.48.